The Bertz CT molecular complexity index is 609. The molecule has 9 heteroatoms. The van der Waals surface area contributed by atoms with Crippen molar-refractivity contribution in [3.8, 4) is 5.75 Å². The SMILES string of the molecule is O=C(O)c1ccc(Cl)c(Cl)c1ONc1ccnnn1. The number of carbonyl (C=O) groups is 1. The smallest absolute Gasteiger partial charge is 0.339 e. The Balaban J connectivity index is 2.28. The van der Waals surface area contributed by atoms with E-state index in [1.807, 2.05) is 0 Å². The van der Waals surface area contributed by atoms with Crippen molar-refractivity contribution in [1.82, 2.24) is 15.4 Å². The quantitative estimate of drug-likeness (QED) is 0.836. The Morgan fingerprint density at radius 3 is 2.74 bits per heavy atom. The third-order valence-electron chi connectivity index (χ3n) is 2.04. The molecule has 0 unspecified atom stereocenters. The van der Waals surface area contributed by atoms with Gasteiger partial charge in [0.25, 0.3) is 0 Å². The fourth-order valence-electron chi connectivity index (χ4n) is 1.20. The van der Waals surface area contributed by atoms with Crippen molar-refractivity contribution >= 4 is 35.0 Å². The Kier molecular flexibility index (Phi) is 3.98. The van der Waals surface area contributed by atoms with Gasteiger partial charge in [0.2, 0.25) is 0 Å². The molecule has 2 rings (SSSR count). The first-order chi connectivity index (χ1) is 9.09. The molecule has 7 nitrogen and oxygen atoms in total. The van der Waals surface area contributed by atoms with Crippen molar-refractivity contribution in [1.29, 1.82) is 0 Å². The van der Waals surface area contributed by atoms with Crippen molar-refractivity contribution in [2.24, 2.45) is 0 Å². The van der Waals surface area contributed by atoms with E-state index >= 15 is 0 Å². The molecule has 0 saturated carbocycles. The van der Waals surface area contributed by atoms with Gasteiger partial charge in [-0.2, -0.15) is 0 Å². The summed E-state index contributed by atoms with van der Waals surface area (Å²) >= 11 is 11.7. The van der Waals surface area contributed by atoms with Gasteiger partial charge < -0.3 is 9.94 Å². The van der Waals surface area contributed by atoms with Crippen LogP contribution in [-0.4, -0.2) is 26.5 Å². The summed E-state index contributed by atoms with van der Waals surface area (Å²) in [6, 6.07) is 4.13. The second-order valence-electron chi connectivity index (χ2n) is 3.25. The van der Waals surface area contributed by atoms with Crippen molar-refractivity contribution in [2.75, 3.05) is 5.48 Å². The van der Waals surface area contributed by atoms with E-state index in [0.29, 0.717) is 0 Å². The standard InChI is InChI=1S/C10H6Cl2N4O3/c11-6-2-1-5(10(17)18)9(8(6)12)19-15-7-3-4-13-16-14-7/h1-4H,(H,17,18)(H,13,14,15). The van der Waals surface area contributed by atoms with Gasteiger partial charge in [-0.15, -0.1) is 10.2 Å². The predicted molar refractivity (Wildman–Crippen MR) is 67.5 cm³/mol. The molecule has 0 saturated heterocycles. The number of carboxylic acid groups (broad SMARTS) is 1. The van der Waals surface area contributed by atoms with E-state index in [0.717, 1.165) is 0 Å². The number of aromatic nitrogens is 3. The Hall–Kier alpha value is -2.12. The van der Waals surface area contributed by atoms with Gasteiger partial charge in [0.05, 0.1) is 11.2 Å². The molecule has 0 aliphatic rings. The molecule has 0 radical (unpaired) electrons. The highest BCUT2D eigenvalue weighted by Crippen LogP contribution is 2.35. The fraction of sp³-hybridized carbons (Fsp3) is 0. The lowest BCUT2D eigenvalue weighted by Gasteiger charge is -2.11. The summed E-state index contributed by atoms with van der Waals surface area (Å²) in [6.45, 7) is 0. The van der Waals surface area contributed by atoms with E-state index in [2.05, 4.69) is 20.9 Å². The summed E-state index contributed by atoms with van der Waals surface area (Å²) in [5.74, 6) is -1.07. The molecule has 19 heavy (non-hydrogen) atoms. The van der Waals surface area contributed by atoms with E-state index in [9.17, 15) is 4.79 Å². The van der Waals surface area contributed by atoms with Crippen LogP contribution in [0.1, 0.15) is 10.4 Å². The van der Waals surface area contributed by atoms with Crippen LogP contribution in [0.4, 0.5) is 5.82 Å². The minimum absolute atomic E-state index is 0.0175. The monoisotopic (exact) mass is 300 g/mol. The number of hydrogen-bond donors (Lipinski definition) is 2. The number of hydrogen-bond acceptors (Lipinski definition) is 6. The largest absolute Gasteiger partial charge is 0.478 e. The van der Waals surface area contributed by atoms with Gasteiger partial charge in [-0.05, 0) is 17.3 Å². The zero-order valence-corrected chi connectivity index (χ0v) is 10.7. The van der Waals surface area contributed by atoms with Crippen molar-refractivity contribution in [3.05, 3.63) is 40.0 Å². The zero-order chi connectivity index (χ0) is 13.8. The van der Waals surface area contributed by atoms with Crippen LogP contribution in [-0.2, 0) is 0 Å². The van der Waals surface area contributed by atoms with Crippen molar-refractivity contribution < 1.29 is 14.7 Å². The molecule has 0 bridgehead atoms. The topological polar surface area (TPSA) is 97.2 Å². The average Bonchev–Trinajstić information content (AvgIpc) is 2.41. The second-order valence-corrected chi connectivity index (χ2v) is 4.04. The summed E-state index contributed by atoms with van der Waals surface area (Å²) in [4.78, 5) is 16.2. The number of aromatic carboxylic acids is 1. The lowest BCUT2D eigenvalue weighted by Crippen LogP contribution is -2.11. The first kappa shape index (κ1) is 13.3. The summed E-state index contributed by atoms with van der Waals surface area (Å²) in [7, 11) is 0. The van der Waals surface area contributed by atoms with Crippen molar-refractivity contribution in [2.45, 2.75) is 0 Å². The zero-order valence-electron chi connectivity index (χ0n) is 9.17. The molecule has 0 amide bonds. The first-order valence-electron chi connectivity index (χ1n) is 4.88. The van der Waals surface area contributed by atoms with Crippen molar-refractivity contribution in [3.63, 3.8) is 0 Å². The van der Waals surface area contributed by atoms with Gasteiger partial charge in [0.1, 0.15) is 10.6 Å². The number of benzene rings is 1. The molecule has 2 N–H and O–H groups in total. The molecule has 0 aliphatic heterocycles. The minimum atomic E-state index is -1.20. The first-order valence-corrected chi connectivity index (χ1v) is 5.63. The van der Waals surface area contributed by atoms with Gasteiger partial charge in [-0.1, -0.05) is 23.2 Å². The van der Waals surface area contributed by atoms with Gasteiger partial charge in [0.15, 0.2) is 11.6 Å². The Morgan fingerprint density at radius 2 is 2.11 bits per heavy atom. The normalized spacial score (nSPS) is 10.0. The maximum absolute atomic E-state index is 11.0. The molecule has 2 aromatic rings. The summed E-state index contributed by atoms with van der Waals surface area (Å²) in [5.41, 5.74) is 2.27. The van der Waals surface area contributed by atoms with Crippen LogP contribution in [0.2, 0.25) is 10.0 Å². The van der Waals surface area contributed by atoms with E-state index in [1.165, 1.54) is 24.4 Å². The fourth-order valence-corrected chi connectivity index (χ4v) is 1.55. The molecular weight excluding hydrogens is 295 g/mol. The van der Waals surface area contributed by atoms with Crippen LogP contribution in [0, 0.1) is 0 Å². The van der Waals surface area contributed by atoms with E-state index in [1.54, 1.807) is 0 Å². The molecule has 0 fully saturated rings. The Morgan fingerprint density at radius 1 is 1.32 bits per heavy atom. The second kappa shape index (κ2) is 5.68. The number of anilines is 1. The maximum atomic E-state index is 11.0. The lowest BCUT2D eigenvalue weighted by molar-refractivity contribution is 0.0693. The molecule has 98 valence electrons. The van der Waals surface area contributed by atoms with Gasteiger partial charge in [-0.3, -0.25) is 0 Å². The number of nitrogens with one attached hydrogen (secondary N) is 1. The van der Waals surface area contributed by atoms with E-state index in [-0.39, 0.29) is 27.2 Å². The van der Waals surface area contributed by atoms with Crippen LogP contribution in [0.15, 0.2) is 24.4 Å². The molecule has 0 aliphatic carbocycles. The maximum Gasteiger partial charge on any atom is 0.339 e. The van der Waals surface area contributed by atoms with Gasteiger partial charge in [0, 0.05) is 6.07 Å². The summed E-state index contributed by atoms with van der Waals surface area (Å²) in [6.07, 6.45) is 1.39. The van der Waals surface area contributed by atoms with Gasteiger partial charge in [-0.25, -0.2) is 10.3 Å². The summed E-state index contributed by atoms with van der Waals surface area (Å²) < 4.78 is 0. The van der Waals surface area contributed by atoms with Crippen LogP contribution in [0.3, 0.4) is 0 Å². The highest BCUT2D eigenvalue weighted by Gasteiger charge is 2.18. The highest BCUT2D eigenvalue weighted by atomic mass is 35.5. The molecular formula is C10H6Cl2N4O3. The molecule has 1 heterocycles. The molecule has 0 atom stereocenters. The summed E-state index contributed by atoms with van der Waals surface area (Å²) in [5, 5.41) is 19.6. The van der Waals surface area contributed by atoms with Crippen LogP contribution < -0.4 is 10.3 Å². The Labute approximate surface area is 117 Å². The molecule has 1 aromatic heterocycles. The van der Waals surface area contributed by atoms with Crippen LogP contribution in [0.5, 0.6) is 5.75 Å². The molecule has 0 spiro atoms. The highest BCUT2D eigenvalue weighted by molar-refractivity contribution is 6.43. The molecule has 1 aromatic carbocycles. The number of carboxylic acids is 1. The lowest BCUT2D eigenvalue weighted by atomic mass is 10.2. The average molecular weight is 301 g/mol. The van der Waals surface area contributed by atoms with Gasteiger partial charge >= 0.3 is 5.97 Å². The number of halogens is 2. The van der Waals surface area contributed by atoms with E-state index in [4.69, 9.17) is 33.1 Å². The minimum Gasteiger partial charge on any atom is -0.478 e. The third-order valence-corrected chi connectivity index (χ3v) is 2.83. The van der Waals surface area contributed by atoms with Crippen LogP contribution >= 0.6 is 23.2 Å². The number of nitrogens with zero attached hydrogens (tertiary/aromatic N) is 3. The van der Waals surface area contributed by atoms with Crippen LogP contribution in [0.25, 0.3) is 0 Å². The predicted octanol–water partition coefficient (Wildman–Crippen LogP) is 2.28. The third kappa shape index (κ3) is 3.01. The number of rotatable bonds is 4. The van der Waals surface area contributed by atoms with E-state index < -0.39 is 5.97 Å².